The highest BCUT2D eigenvalue weighted by atomic mass is 79.9. The summed E-state index contributed by atoms with van der Waals surface area (Å²) in [5, 5.41) is 9.39. The van der Waals surface area contributed by atoms with Crippen molar-refractivity contribution in [1.82, 2.24) is 14.8 Å². The Balaban J connectivity index is 2.43. The van der Waals surface area contributed by atoms with E-state index in [2.05, 4.69) is 68.8 Å². The first-order valence-corrected chi connectivity index (χ1v) is 7.76. The molecule has 0 aliphatic rings. The predicted molar refractivity (Wildman–Crippen MR) is 83.1 cm³/mol. The number of alkyl halides is 1. The lowest BCUT2D eigenvalue weighted by atomic mass is 9.83. The summed E-state index contributed by atoms with van der Waals surface area (Å²) in [6, 6.07) is 10.4. The third kappa shape index (κ3) is 2.94. The van der Waals surface area contributed by atoms with Gasteiger partial charge in [0, 0.05) is 19.1 Å². The largest absolute Gasteiger partial charge is 0.383 e. The highest BCUT2D eigenvalue weighted by molar-refractivity contribution is 9.08. The molecule has 0 saturated carbocycles. The van der Waals surface area contributed by atoms with Crippen LogP contribution >= 0.6 is 15.9 Å². The van der Waals surface area contributed by atoms with Gasteiger partial charge in [0.25, 0.3) is 0 Å². The Morgan fingerprint density at radius 2 is 1.90 bits per heavy atom. The Labute approximate surface area is 128 Å². The SMILES string of the molecule is COCCn1c(CBr)nnc1C(C)(C)c1ccccc1. The number of methoxy groups -OCH3 is 1. The van der Waals surface area contributed by atoms with E-state index in [1.807, 2.05) is 6.07 Å². The third-order valence-electron chi connectivity index (χ3n) is 3.52. The third-order valence-corrected chi connectivity index (χ3v) is 4.02. The quantitative estimate of drug-likeness (QED) is 0.760. The number of aromatic nitrogens is 3. The molecule has 0 N–H and O–H groups in total. The summed E-state index contributed by atoms with van der Waals surface area (Å²) in [7, 11) is 1.71. The van der Waals surface area contributed by atoms with Crippen LogP contribution in [0.2, 0.25) is 0 Å². The molecule has 0 radical (unpaired) electrons. The molecule has 0 spiro atoms. The van der Waals surface area contributed by atoms with E-state index in [9.17, 15) is 0 Å². The zero-order chi connectivity index (χ0) is 14.6. The van der Waals surface area contributed by atoms with Crippen molar-refractivity contribution in [3.05, 3.63) is 47.5 Å². The Kier molecular flexibility index (Phi) is 4.94. The van der Waals surface area contributed by atoms with E-state index in [1.165, 1.54) is 5.56 Å². The second-order valence-corrected chi connectivity index (χ2v) is 5.77. The van der Waals surface area contributed by atoms with E-state index in [0.29, 0.717) is 11.9 Å². The van der Waals surface area contributed by atoms with Gasteiger partial charge in [0.1, 0.15) is 11.6 Å². The lowest BCUT2D eigenvalue weighted by Crippen LogP contribution is -2.26. The molecule has 20 heavy (non-hydrogen) atoms. The van der Waals surface area contributed by atoms with Gasteiger partial charge in [0.15, 0.2) is 0 Å². The van der Waals surface area contributed by atoms with Crippen molar-refractivity contribution < 1.29 is 4.74 Å². The number of benzene rings is 1. The predicted octanol–water partition coefficient (Wildman–Crippen LogP) is 3.15. The number of hydrogen-bond acceptors (Lipinski definition) is 3. The lowest BCUT2D eigenvalue weighted by Gasteiger charge is -2.25. The first-order valence-electron chi connectivity index (χ1n) is 6.64. The molecule has 0 fully saturated rings. The smallest absolute Gasteiger partial charge is 0.143 e. The van der Waals surface area contributed by atoms with Gasteiger partial charge >= 0.3 is 0 Å². The van der Waals surface area contributed by atoms with Gasteiger partial charge in [-0.05, 0) is 19.4 Å². The number of hydrogen-bond donors (Lipinski definition) is 0. The molecule has 0 unspecified atom stereocenters. The minimum Gasteiger partial charge on any atom is -0.383 e. The standard InChI is InChI=1S/C15H20BrN3O/c1-15(2,12-7-5-4-6-8-12)14-18-17-13(11-16)19(14)9-10-20-3/h4-8H,9-11H2,1-3H3. The molecule has 0 aliphatic carbocycles. The van der Waals surface area contributed by atoms with Crippen LogP contribution in [0.3, 0.4) is 0 Å². The second-order valence-electron chi connectivity index (χ2n) is 5.21. The van der Waals surface area contributed by atoms with Crippen LogP contribution in [0.25, 0.3) is 0 Å². The van der Waals surface area contributed by atoms with E-state index < -0.39 is 0 Å². The fourth-order valence-electron chi connectivity index (χ4n) is 2.30. The molecule has 4 nitrogen and oxygen atoms in total. The van der Waals surface area contributed by atoms with Gasteiger partial charge in [-0.1, -0.05) is 46.3 Å². The van der Waals surface area contributed by atoms with Crippen LogP contribution in [0.5, 0.6) is 0 Å². The first kappa shape index (κ1) is 15.2. The fourth-order valence-corrected chi connectivity index (χ4v) is 2.71. The molecule has 108 valence electrons. The van der Waals surface area contributed by atoms with Crippen molar-refractivity contribution in [3.63, 3.8) is 0 Å². The molecular formula is C15H20BrN3O. The highest BCUT2D eigenvalue weighted by Gasteiger charge is 2.30. The molecule has 1 heterocycles. The monoisotopic (exact) mass is 337 g/mol. The highest BCUT2D eigenvalue weighted by Crippen LogP contribution is 2.30. The second kappa shape index (κ2) is 6.50. The number of rotatable bonds is 6. The minimum atomic E-state index is -0.192. The van der Waals surface area contributed by atoms with Gasteiger partial charge in [0.2, 0.25) is 0 Å². The van der Waals surface area contributed by atoms with E-state index in [4.69, 9.17) is 4.74 Å². The van der Waals surface area contributed by atoms with Crippen molar-refractivity contribution in [2.24, 2.45) is 0 Å². The Hall–Kier alpha value is -1.20. The average Bonchev–Trinajstić information content (AvgIpc) is 2.89. The topological polar surface area (TPSA) is 39.9 Å². The molecular weight excluding hydrogens is 318 g/mol. The van der Waals surface area contributed by atoms with E-state index in [-0.39, 0.29) is 5.41 Å². The van der Waals surface area contributed by atoms with E-state index in [0.717, 1.165) is 18.2 Å². The van der Waals surface area contributed by atoms with Crippen LogP contribution in [-0.2, 0) is 22.0 Å². The van der Waals surface area contributed by atoms with E-state index in [1.54, 1.807) is 7.11 Å². The van der Waals surface area contributed by atoms with Crippen LogP contribution < -0.4 is 0 Å². The summed E-state index contributed by atoms with van der Waals surface area (Å²) in [6.07, 6.45) is 0. The van der Waals surface area contributed by atoms with Crippen LogP contribution in [0.1, 0.15) is 31.1 Å². The summed E-state index contributed by atoms with van der Waals surface area (Å²) < 4.78 is 7.34. The van der Waals surface area contributed by atoms with Gasteiger partial charge < -0.3 is 9.30 Å². The minimum absolute atomic E-state index is 0.192. The van der Waals surface area contributed by atoms with Crippen LogP contribution in [-0.4, -0.2) is 28.5 Å². The molecule has 5 heteroatoms. The molecule has 0 bridgehead atoms. The summed E-state index contributed by atoms with van der Waals surface area (Å²) >= 11 is 3.47. The first-order chi connectivity index (χ1) is 9.61. The maximum Gasteiger partial charge on any atom is 0.143 e. The normalized spacial score (nSPS) is 11.8. The molecule has 0 saturated heterocycles. The van der Waals surface area contributed by atoms with Crippen molar-refractivity contribution in [2.75, 3.05) is 13.7 Å². The Morgan fingerprint density at radius 3 is 2.50 bits per heavy atom. The van der Waals surface area contributed by atoms with Crippen LogP contribution in [0, 0.1) is 0 Å². The Bertz CT molecular complexity index is 552. The van der Waals surface area contributed by atoms with E-state index >= 15 is 0 Å². The van der Waals surface area contributed by atoms with Crippen LogP contribution in [0.15, 0.2) is 30.3 Å². The van der Waals surface area contributed by atoms with Gasteiger partial charge in [0.05, 0.1) is 11.9 Å². The molecule has 0 atom stereocenters. The van der Waals surface area contributed by atoms with Crippen molar-refractivity contribution in [3.8, 4) is 0 Å². The van der Waals surface area contributed by atoms with Gasteiger partial charge in [-0.3, -0.25) is 0 Å². The maximum absolute atomic E-state index is 5.20. The summed E-state index contributed by atoms with van der Waals surface area (Å²) in [4.78, 5) is 0. The molecule has 1 aromatic heterocycles. The zero-order valence-corrected chi connectivity index (χ0v) is 13.7. The fraction of sp³-hybridized carbons (Fsp3) is 0.467. The van der Waals surface area contributed by atoms with Gasteiger partial charge in [-0.15, -0.1) is 10.2 Å². The zero-order valence-electron chi connectivity index (χ0n) is 12.1. The van der Waals surface area contributed by atoms with Crippen molar-refractivity contribution in [1.29, 1.82) is 0 Å². The lowest BCUT2D eigenvalue weighted by molar-refractivity contribution is 0.184. The van der Waals surface area contributed by atoms with Crippen LogP contribution in [0.4, 0.5) is 0 Å². The average molecular weight is 338 g/mol. The van der Waals surface area contributed by atoms with Crippen molar-refractivity contribution >= 4 is 15.9 Å². The number of ether oxygens (including phenoxy) is 1. The number of nitrogens with zero attached hydrogens (tertiary/aromatic N) is 3. The molecule has 2 aromatic rings. The summed E-state index contributed by atoms with van der Waals surface area (Å²) in [5.41, 5.74) is 1.04. The Morgan fingerprint density at radius 1 is 1.20 bits per heavy atom. The summed E-state index contributed by atoms with van der Waals surface area (Å²) in [6.45, 7) is 5.76. The maximum atomic E-state index is 5.20. The molecule has 0 amide bonds. The molecule has 0 aliphatic heterocycles. The van der Waals surface area contributed by atoms with Gasteiger partial charge in [-0.2, -0.15) is 0 Å². The molecule has 2 rings (SSSR count). The van der Waals surface area contributed by atoms with Crippen molar-refractivity contribution in [2.45, 2.75) is 31.1 Å². The van der Waals surface area contributed by atoms with Gasteiger partial charge in [-0.25, -0.2) is 0 Å². The molecule has 1 aromatic carbocycles. The number of halogens is 1. The summed E-state index contributed by atoms with van der Waals surface area (Å²) in [5.74, 6) is 1.90.